The summed E-state index contributed by atoms with van der Waals surface area (Å²) < 4.78 is 0. The second-order valence-corrected chi connectivity index (χ2v) is 4.11. The SMILES string of the molecule is CC(=O)CN1C2=NCCN2c2ccccc21. The molecule has 0 radical (unpaired) electrons. The molecule has 2 aliphatic heterocycles. The van der Waals surface area contributed by atoms with Gasteiger partial charge in [-0.25, -0.2) is 0 Å². The number of fused-ring (bicyclic) bond motifs is 3. The molecule has 0 aliphatic carbocycles. The molecule has 82 valence electrons. The standard InChI is InChI=1S/C12H13N3O/c1-9(16)8-15-11-5-3-2-4-10(11)14-7-6-13-12(14)15/h2-5H,6-8H2,1H3. The first-order valence-corrected chi connectivity index (χ1v) is 5.45. The van der Waals surface area contributed by atoms with Gasteiger partial charge < -0.3 is 9.80 Å². The summed E-state index contributed by atoms with van der Waals surface area (Å²) in [5, 5.41) is 0. The van der Waals surface area contributed by atoms with E-state index in [1.807, 2.05) is 23.1 Å². The highest BCUT2D eigenvalue weighted by molar-refractivity contribution is 6.18. The van der Waals surface area contributed by atoms with Crippen LogP contribution < -0.4 is 9.80 Å². The van der Waals surface area contributed by atoms with E-state index in [0.29, 0.717) is 6.54 Å². The van der Waals surface area contributed by atoms with E-state index in [0.717, 1.165) is 24.7 Å². The van der Waals surface area contributed by atoms with Gasteiger partial charge in [0.2, 0.25) is 5.96 Å². The molecule has 1 aromatic rings. The van der Waals surface area contributed by atoms with Gasteiger partial charge in [-0.1, -0.05) is 12.1 Å². The third-order valence-electron chi connectivity index (χ3n) is 2.90. The lowest BCUT2D eigenvalue weighted by Gasteiger charge is -2.17. The summed E-state index contributed by atoms with van der Waals surface area (Å²) in [6.07, 6.45) is 0. The molecule has 0 saturated heterocycles. The first-order valence-electron chi connectivity index (χ1n) is 5.45. The molecule has 0 amide bonds. The number of hydrogen-bond donors (Lipinski definition) is 0. The number of anilines is 2. The van der Waals surface area contributed by atoms with Crippen LogP contribution in [0.4, 0.5) is 11.4 Å². The van der Waals surface area contributed by atoms with Gasteiger partial charge in [0.05, 0.1) is 24.5 Å². The molecule has 1 aromatic carbocycles. The van der Waals surface area contributed by atoms with Gasteiger partial charge in [0.25, 0.3) is 0 Å². The normalized spacial score (nSPS) is 17.2. The molecule has 4 nitrogen and oxygen atoms in total. The molecule has 0 spiro atoms. The Hall–Kier alpha value is -1.84. The van der Waals surface area contributed by atoms with Crippen molar-refractivity contribution in [1.29, 1.82) is 0 Å². The fraction of sp³-hybridized carbons (Fsp3) is 0.333. The van der Waals surface area contributed by atoms with Crippen molar-refractivity contribution in [3.05, 3.63) is 24.3 Å². The minimum Gasteiger partial charge on any atom is -0.308 e. The van der Waals surface area contributed by atoms with Crippen molar-refractivity contribution < 1.29 is 4.79 Å². The number of hydrogen-bond acceptors (Lipinski definition) is 4. The summed E-state index contributed by atoms with van der Waals surface area (Å²) in [7, 11) is 0. The molecule has 4 heteroatoms. The van der Waals surface area contributed by atoms with Crippen LogP contribution in [0.2, 0.25) is 0 Å². The first kappa shape index (κ1) is 9.39. The quantitative estimate of drug-likeness (QED) is 0.745. The number of carbonyl (C=O) groups excluding carboxylic acids is 1. The zero-order valence-electron chi connectivity index (χ0n) is 9.18. The van der Waals surface area contributed by atoms with Crippen LogP contribution in [0.3, 0.4) is 0 Å². The number of nitrogens with zero attached hydrogens (tertiary/aromatic N) is 3. The van der Waals surface area contributed by atoms with Gasteiger partial charge in [0.15, 0.2) is 0 Å². The summed E-state index contributed by atoms with van der Waals surface area (Å²) in [6, 6.07) is 8.14. The number of Topliss-reactive ketones (excluding diaryl/α,β-unsaturated/α-hetero) is 1. The Balaban J connectivity index is 2.07. The van der Waals surface area contributed by atoms with E-state index in [1.165, 1.54) is 5.69 Å². The smallest absolute Gasteiger partial charge is 0.206 e. The minimum absolute atomic E-state index is 0.159. The number of para-hydroxylation sites is 2. The Morgan fingerprint density at radius 1 is 1.38 bits per heavy atom. The van der Waals surface area contributed by atoms with Gasteiger partial charge in [-0.15, -0.1) is 0 Å². The van der Waals surface area contributed by atoms with Gasteiger partial charge in [0.1, 0.15) is 5.78 Å². The van der Waals surface area contributed by atoms with E-state index < -0.39 is 0 Å². The third-order valence-corrected chi connectivity index (χ3v) is 2.90. The summed E-state index contributed by atoms with van der Waals surface area (Å²) in [4.78, 5) is 19.9. The third kappa shape index (κ3) is 1.23. The molecule has 3 rings (SSSR count). The number of ketones is 1. The molecule has 0 fully saturated rings. The molecule has 0 N–H and O–H groups in total. The molecule has 0 aromatic heterocycles. The van der Waals surface area contributed by atoms with E-state index in [4.69, 9.17) is 0 Å². The average molecular weight is 215 g/mol. The summed E-state index contributed by atoms with van der Waals surface area (Å²) in [5.74, 6) is 1.09. The molecule has 0 atom stereocenters. The highest BCUT2D eigenvalue weighted by Gasteiger charge is 2.35. The lowest BCUT2D eigenvalue weighted by Crippen LogP contribution is -2.38. The van der Waals surface area contributed by atoms with E-state index in [1.54, 1.807) is 6.92 Å². The van der Waals surface area contributed by atoms with Gasteiger partial charge in [0, 0.05) is 6.54 Å². The zero-order chi connectivity index (χ0) is 11.1. The van der Waals surface area contributed by atoms with Crippen LogP contribution in [0, 0.1) is 0 Å². The summed E-state index contributed by atoms with van der Waals surface area (Å²) in [5.41, 5.74) is 2.26. The molecule has 0 unspecified atom stereocenters. The molecule has 16 heavy (non-hydrogen) atoms. The lowest BCUT2D eigenvalue weighted by atomic mass is 10.2. The van der Waals surface area contributed by atoms with Crippen LogP contribution in [0.1, 0.15) is 6.92 Å². The number of guanidine groups is 1. The first-order chi connectivity index (χ1) is 7.77. The Kier molecular flexibility index (Phi) is 1.96. The van der Waals surface area contributed by atoms with E-state index in [2.05, 4.69) is 16.0 Å². The van der Waals surface area contributed by atoms with Crippen molar-refractivity contribution in [3.63, 3.8) is 0 Å². The van der Waals surface area contributed by atoms with Gasteiger partial charge in [-0.2, -0.15) is 0 Å². The van der Waals surface area contributed by atoms with Crippen LogP contribution in [0.25, 0.3) is 0 Å². The zero-order valence-corrected chi connectivity index (χ0v) is 9.18. The average Bonchev–Trinajstić information content (AvgIpc) is 2.82. The Labute approximate surface area is 94.2 Å². The number of benzene rings is 1. The largest absolute Gasteiger partial charge is 0.308 e. The van der Waals surface area contributed by atoms with Crippen LogP contribution in [-0.2, 0) is 4.79 Å². The lowest BCUT2D eigenvalue weighted by molar-refractivity contribution is -0.115. The van der Waals surface area contributed by atoms with Crippen molar-refractivity contribution in [2.75, 3.05) is 29.4 Å². The topological polar surface area (TPSA) is 35.9 Å². The van der Waals surface area contributed by atoms with Crippen LogP contribution in [-0.4, -0.2) is 31.4 Å². The van der Waals surface area contributed by atoms with E-state index in [-0.39, 0.29) is 5.78 Å². The number of carbonyl (C=O) groups is 1. The van der Waals surface area contributed by atoms with Crippen molar-refractivity contribution in [1.82, 2.24) is 0 Å². The van der Waals surface area contributed by atoms with Gasteiger partial charge in [-0.05, 0) is 19.1 Å². The van der Waals surface area contributed by atoms with E-state index in [9.17, 15) is 4.79 Å². The summed E-state index contributed by atoms with van der Waals surface area (Å²) >= 11 is 0. The highest BCUT2D eigenvalue weighted by atomic mass is 16.1. The molecular formula is C12H13N3O. The predicted octanol–water partition coefficient (Wildman–Crippen LogP) is 1.27. The second kappa shape index (κ2) is 3.33. The second-order valence-electron chi connectivity index (χ2n) is 4.11. The van der Waals surface area contributed by atoms with Crippen molar-refractivity contribution in [3.8, 4) is 0 Å². The van der Waals surface area contributed by atoms with Crippen LogP contribution >= 0.6 is 0 Å². The maximum absolute atomic E-state index is 11.3. The van der Waals surface area contributed by atoms with Gasteiger partial charge in [-0.3, -0.25) is 9.79 Å². The Bertz CT molecular complexity index is 481. The highest BCUT2D eigenvalue weighted by Crippen LogP contribution is 2.38. The summed E-state index contributed by atoms with van der Waals surface area (Å²) in [6.45, 7) is 3.76. The predicted molar refractivity (Wildman–Crippen MR) is 64.1 cm³/mol. The minimum atomic E-state index is 0.159. The number of aliphatic imine (C=N–C) groups is 1. The molecular weight excluding hydrogens is 202 g/mol. The van der Waals surface area contributed by atoms with Crippen molar-refractivity contribution in [2.24, 2.45) is 4.99 Å². The molecule has 2 heterocycles. The Morgan fingerprint density at radius 3 is 2.88 bits per heavy atom. The fourth-order valence-corrected chi connectivity index (χ4v) is 2.30. The maximum Gasteiger partial charge on any atom is 0.206 e. The van der Waals surface area contributed by atoms with Crippen LogP contribution in [0.15, 0.2) is 29.3 Å². The maximum atomic E-state index is 11.3. The van der Waals surface area contributed by atoms with Crippen LogP contribution in [0.5, 0.6) is 0 Å². The number of rotatable bonds is 2. The van der Waals surface area contributed by atoms with Crippen molar-refractivity contribution in [2.45, 2.75) is 6.92 Å². The van der Waals surface area contributed by atoms with Crippen molar-refractivity contribution >= 4 is 23.1 Å². The van der Waals surface area contributed by atoms with Gasteiger partial charge >= 0.3 is 0 Å². The molecule has 0 saturated carbocycles. The Morgan fingerprint density at radius 2 is 2.12 bits per heavy atom. The molecule has 0 bridgehead atoms. The molecule has 2 aliphatic rings. The monoisotopic (exact) mass is 215 g/mol. The fourth-order valence-electron chi connectivity index (χ4n) is 2.30. The van der Waals surface area contributed by atoms with E-state index >= 15 is 0 Å².